The standard InChI is InChI=1S/C7H10FN3/c1-5(11-9)6-2-7(8)4-10-3-6/h2-5,11H,9H2,1H3. The van der Waals surface area contributed by atoms with Crippen LogP contribution in [0.1, 0.15) is 18.5 Å². The van der Waals surface area contributed by atoms with E-state index < -0.39 is 0 Å². The fourth-order valence-electron chi connectivity index (χ4n) is 0.761. The molecule has 0 radical (unpaired) electrons. The Labute approximate surface area is 64.4 Å². The molecule has 0 aliphatic rings. The van der Waals surface area contributed by atoms with Crippen LogP contribution in [0.25, 0.3) is 0 Å². The Morgan fingerprint density at radius 1 is 1.64 bits per heavy atom. The summed E-state index contributed by atoms with van der Waals surface area (Å²) in [5, 5.41) is 0. The smallest absolute Gasteiger partial charge is 0.141 e. The molecule has 0 bridgehead atoms. The number of hydrogen-bond acceptors (Lipinski definition) is 3. The van der Waals surface area contributed by atoms with E-state index in [-0.39, 0.29) is 11.9 Å². The monoisotopic (exact) mass is 155 g/mol. The molecular weight excluding hydrogens is 145 g/mol. The van der Waals surface area contributed by atoms with Crippen LogP contribution < -0.4 is 11.3 Å². The Kier molecular flexibility index (Phi) is 2.51. The second-order valence-electron chi connectivity index (χ2n) is 2.32. The van der Waals surface area contributed by atoms with Gasteiger partial charge < -0.3 is 0 Å². The second-order valence-corrected chi connectivity index (χ2v) is 2.32. The van der Waals surface area contributed by atoms with Crippen molar-refractivity contribution in [2.75, 3.05) is 0 Å². The molecule has 3 N–H and O–H groups in total. The Bertz CT molecular complexity index is 239. The van der Waals surface area contributed by atoms with Gasteiger partial charge in [0.2, 0.25) is 0 Å². The topological polar surface area (TPSA) is 50.9 Å². The fraction of sp³-hybridized carbons (Fsp3) is 0.286. The summed E-state index contributed by atoms with van der Waals surface area (Å²) in [6, 6.07) is 1.33. The van der Waals surface area contributed by atoms with Crippen molar-refractivity contribution >= 4 is 0 Å². The van der Waals surface area contributed by atoms with Crippen molar-refractivity contribution in [1.29, 1.82) is 0 Å². The van der Waals surface area contributed by atoms with Crippen molar-refractivity contribution in [1.82, 2.24) is 10.4 Å². The molecule has 1 unspecified atom stereocenters. The lowest BCUT2D eigenvalue weighted by atomic mass is 10.1. The van der Waals surface area contributed by atoms with Gasteiger partial charge >= 0.3 is 0 Å². The van der Waals surface area contributed by atoms with Crippen LogP contribution in [-0.4, -0.2) is 4.98 Å². The van der Waals surface area contributed by atoms with Gasteiger partial charge in [-0.2, -0.15) is 0 Å². The summed E-state index contributed by atoms with van der Waals surface area (Å²) < 4.78 is 12.5. The second kappa shape index (κ2) is 3.41. The van der Waals surface area contributed by atoms with E-state index in [1.807, 2.05) is 6.92 Å². The molecule has 1 rings (SSSR count). The molecule has 0 aromatic carbocycles. The van der Waals surface area contributed by atoms with E-state index in [0.717, 1.165) is 11.8 Å². The van der Waals surface area contributed by atoms with E-state index >= 15 is 0 Å². The average Bonchev–Trinajstić information content (AvgIpc) is 2.03. The number of rotatable bonds is 2. The van der Waals surface area contributed by atoms with Crippen LogP contribution in [0.5, 0.6) is 0 Å². The van der Waals surface area contributed by atoms with E-state index in [1.165, 1.54) is 6.07 Å². The molecule has 3 nitrogen and oxygen atoms in total. The van der Waals surface area contributed by atoms with Gasteiger partial charge in [-0.05, 0) is 18.6 Å². The number of pyridine rings is 1. The van der Waals surface area contributed by atoms with Gasteiger partial charge in [0.15, 0.2) is 0 Å². The first-order valence-electron chi connectivity index (χ1n) is 3.30. The zero-order valence-corrected chi connectivity index (χ0v) is 6.21. The van der Waals surface area contributed by atoms with Gasteiger partial charge in [-0.25, -0.2) is 4.39 Å². The van der Waals surface area contributed by atoms with Crippen LogP contribution in [0.15, 0.2) is 18.5 Å². The largest absolute Gasteiger partial charge is 0.271 e. The molecule has 4 heteroatoms. The summed E-state index contributed by atoms with van der Waals surface area (Å²) in [6.45, 7) is 1.83. The van der Waals surface area contributed by atoms with Crippen molar-refractivity contribution in [2.45, 2.75) is 13.0 Å². The summed E-state index contributed by atoms with van der Waals surface area (Å²) in [5.41, 5.74) is 3.24. The minimum absolute atomic E-state index is 0.0711. The van der Waals surface area contributed by atoms with E-state index in [9.17, 15) is 4.39 Å². The zero-order valence-electron chi connectivity index (χ0n) is 6.21. The van der Waals surface area contributed by atoms with Crippen LogP contribution in [0.4, 0.5) is 4.39 Å². The molecule has 0 fully saturated rings. The molecule has 0 aliphatic heterocycles. The van der Waals surface area contributed by atoms with Crippen molar-refractivity contribution in [3.63, 3.8) is 0 Å². The number of aromatic nitrogens is 1. The minimum Gasteiger partial charge on any atom is -0.271 e. The summed E-state index contributed by atoms with van der Waals surface area (Å²) in [7, 11) is 0. The van der Waals surface area contributed by atoms with Crippen LogP contribution in [-0.2, 0) is 0 Å². The first-order valence-corrected chi connectivity index (χ1v) is 3.30. The Hall–Kier alpha value is -1.00. The number of nitrogens with two attached hydrogens (primary N) is 1. The maximum absolute atomic E-state index is 12.5. The van der Waals surface area contributed by atoms with Crippen molar-refractivity contribution in [3.8, 4) is 0 Å². The summed E-state index contributed by atoms with van der Waals surface area (Å²) >= 11 is 0. The molecule has 1 atom stereocenters. The molecule has 1 aromatic heterocycles. The summed E-state index contributed by atoms with van der Waals surface area (Å²) in [6.07, 6.45) is 2.74. The highest BCUT2D eigenvalue weighted by molar-refractivity contribution is 5.13. The van der Waals surface area contributed by atoms with E-state index in [4.69, 9.17) is 5.84 Å². The third kappa shape index (κ3) is 1.96. The molecule has 60 valence electrons. The highest BCUT2D eigenvalue weighted by atomic mass is 19.1. The van der Waals surface area contributed by atoms with E-state index in [0.29, 0.717) is 0 Å². The Morgan fingerprint density at radius 3 is 2.91 bits per heavy atom. The number of nitrogens with one attached hydrogen (secondary N) is 1. The highest BCUT2D eigenvalue weighted by Crippen LogP contribution is 2.09. The lowest BCUT2D eigenvalue weighted by molar-refractivity contribution is 0.580. The average molecular weight is 155 g/mol. The van der Waals surface area contributed by atoms with E-state index in [2.05, 4.69) is 10.4 Å². The molecule has 1 aromatic rings. The van der Waals surface area contributed by atoms with Crippen LogP contribution in [0.2, 0.25) is 0 Å². The van der Waals surface area contributed by atoms with Gasteiger partial charge in [0, 0.05) is 12.2 Å². The maximum Gasteiger partial charge on any atom is 0.141 e. The van der Waals surface area contributed by atoms with Gasteiger partial charge in [-0.15, -0.1) is 0 Å². The van der Waals surface area contributed by atoms with Crippen molar-refractivity contribution in [2.24, 2.45) is 5.84 Å². The maximum atomic E-state index is 12.5. The molecule has 0 aliphatic carbocycles. The lowest BCUT2D eigenvalue weighted by Gasteiger charge is -2.08. The number of hydrazine groups is 1. The third-order valence-electron chi connectivity index (χ3n) is 1.48. The summed E-state index contributed by atoms with van der Waals surface area (Å²) in [4.78, 5) is 3.68. The van der Waals surface area contributed by atoms with Crippen LogP contribution in [0, 0.1) is 5.82 Å². The normalized spacial score (nSPS) is 13.0. The third-order valence-corrected chi connectivity index (χ3v) is 1.48. The summed E-state index contributed by atoms with van der Waals surface area (Å²) in [5.74, 6) is 4.81. The molecule has 0 saturated carbocycles. The SMILES string of the molecule is CC(NN)c1cncc(F)c1. The lowest BCUT2D eigenvalue weighted by Crippen LogP contribution is -2.25. The predicted molar refractivity (Wildman–Crippen MR) is 39.9 cm³/mol. The number of hydrogen-bond donors (Lipinski definition) is 2. The van der Waals surface area contributed by atoms with E-state index in [1.54, 1.807) is 6.20 Å². The Balaban J connectivity index is 2.86. The van der Waals surface area contributed by atoms with Crippen LogP contribution >= 0.6 is 0 Å². The van der Waals surface area contributed by atoms with Gasteiger partial charge in [-0.3, -0.25) is 16.3 Å². The van der Waals surface area contributed by atoms with Gasteiger partial charge in [0.25, 0.3) is 0 Å². The highest BCUT2D eigenvalue weighted by Gasteiger charge is 2.02. The minimum atomic E-state index is -0.343. The van der Waals surface area contributed by atoms with Crippen molar-refractivity contribution < 1.29 is 4.39 Å². The first-order chi connectivity index (χ1) is 5.24. The van der Waals surface area contributed by atoms with Crippen LogP contribution in [0.3, 0.4) is 0 Å². The quantitative estimate of drug-likeness (QED) is 0.489. The molecule has 0 saturated heterocycles. The molecule has 0 spiro atoms. The van der Waals surface area contributed by atoms with Crippen molar-refractivity contribution in [3.05, 3.63) is 29.8 Å². The number of halogens is 1. The Morgan fingerprint density at radius 2 is 2.36 bits per heavy atom. The van der Waals surface area contributed by atoms with Gasteiger partial charge in [-0.1, -0.05) is 0 Å². The fourth-order valence-corrected chi connectivity index (χ4v) is 0.761. The molecular formula is C7H10FN3. The molecule has 0 amide bonds. The zero-order chi connectivity index (χ0) is 8.27. The molecule has 11 heavy (non-hydrogen) atoms. The first kappa shape index (κ1) is 8.10. The molecule has 1 heterocycles. The van der Waals surface area contributed by atoms with Gasteiger partial charge in [0.05, 0.1) is 6.20 Å². The predicted octanol–water partition coefficient (Wildman–Crippen LogP) is 0.745. The number of nitrogens with zero attached hydrogens (tertiary/aromatic N) is 1. The van der Waals surface area contributed by atoms with Gasteiger partial charge in [0.1, 0.15) is 5.82 Å².